The predicted octanol–water partition coefficient (Wildman–Crippen LogP) is 3.38. The van der Waals surface area contributed by atoms with Crippen LogP contribution in [0.5, 0.6) is 0 Å². The zero-order valence-electron chi connectivity index (χ0n) is 11.0. The highest BCUT2D eigenvalue weighted by Crippen LogP contribution is 2.25. The third kappa shape index (κ3) is 3.79. The summed E-state index contributed by atoms with van der Waals surface area (Å²) >= 11 is 1.43. The summed E-state index contributed by atoms with van der Waals surface area (Å²) in [6.07, 6.45) is 0.511. The van der Waals surface area contributed by atoms with Gasteiger partial charge in [0.2, 0.25) is 5.91 Å². The normalized spacial score (nSPS) is 10.7. The number of benzene rings is 1. The standard InChI is InChI=1S/C14H17N3OS/c1-9(2)7-13(18)17-14-16-12(8-19-14)10-3-5-11(15)6-4-10/h3-6,8-9H,7,15H2,1-2H3,(H,16,17,18). The van der Waals surface area contributed by atoms with Crippen molar-refractivity contribution in [3.05, 3.63) is 29.6 Å². The number of nitrogens with one attached hydrogen (secondary N) is 1. The monoisotopic (exact) mass is 275 g/mol. The number of carbonyl (C=O) groups excluding carboxylic acids is 1. The van der Waals surface area contributed by atoms with E-state index < -0.39 is 0 Å². The molecule has 0 aliphatic rings. The summed E-state index contributed by atoms with van der Waals surface area (Å²) in [5.74, 6) is 0.352. The lowest BCUT2D eigenvalue weighted by Crippen LogP contribution is -2.13. The minimum Gasteiger partial charge on any atom is -0.399 e. The van der Waals surface area contributed by atoms with Crippen molar-refractivity contribution < 1.29 is 4.79 Å². The number of amides is 1. The number of thiazole rings is 1. The molecule has 0 saturated heterocycles. The highest BCUT2D eigenvalue weighted by atomic mass is 32.1. The van der Waals surface area contributed by atoms with E-state index in [0.29, 0.717) is 17.5 Å². The molecule has 1 heterocycles. The number of hydrogen-bond acceptors (Lipinski definition) is 4. The van der Waals surface area contributed by atoms with Gasteiger partial charge in [-0.05, 0) is 18.1 Å². The Morgan fingerprint density at radius 3 is 2.68 bits per heavy atom. The summed E-state index contributed by atoms with van der Waals surface area (Å²) in [7, 11) is 0. The largest absolute Gasteiger partial charge is 0.399 e. The van der Waals surface area contributed by atoms with Crippen molar-refractivity contribution in [2.45, 2.75) is 20.3 Å². The number of nitrogens with zero attached hydrogens (tertiary/aromatic N) is 1. The molecule has 5 heteroatoms. The van der Waals surface area contributed by atoms with Crippen LogP contribution in [0.4, 0.5) is 10.8 Å². The maximum Gasteiger partial charge on any atom is 0.226 e. The molecule has 2 rings (SSSR count). The van der Waals surface area contributed by atoms with E-state index >= 15 is 0 Å². The van der Waals surface area contributed by atoms with E-state index in [1.165, 1.54) is 11.3 Å². The zero-order valence-corrected chi connectivity index (χ0v) is 11.8. The lowest BCUT2D eigenvalue weighted by atomic mass is 10.1. The Balaban J connectivity index is 2.07. The number of carbonyl (C=O) groups is 1. The number of hydrogen-bond donors (Lipinski definition) is 2. The lowest BCUT2D eigenvalue weighted by molar-refractivity contribution is -0.116. The van der Waals surface area contributed by atoms with Crippen molar-refractivity contribution in [1.29, 1.82) is 0 Å². The van der Waals surface area contributed by atoms with Gasteiger partial charge in [0.15, 0.2) is 5.13 Å². The van der Waals surface area contributed by atoms with Gasteiger partial charge >= 0.3 is 0 Å². The molecule has 0 aliphatic heterocycles. The van der Waals surface area contributed by atoms with Crippen LogP contribution in [0.25, 0.3) is 11.3 Å². The first-order valence-corrected chi connectivity index (χ1v) is 7.04. The molecule has 0 fully saturated rings. The third-order valence-electron chi connectivity index (χ3n) is 2.55. The highest BCUT2D eigenvalue weighted by molar-refractivity contribution is 7.14. The van der Waals surface area contributed by atoms with Crippen LogP contribution in [-0.2, 0) is 4.79 Å². The Labute approximate surface area is 116 Å². The van der Waals surface area contributed by atoms with Gasteiger partial charge in [-0.1, -0.05) is 26.0 Å². The van der Waals surface area contributed by atoms with Gasteiger partial charge in [0, 0.05) is 23.1 Å². The second-order valence-electron chi connectivity index (χ2n) is 4.81. The van der Waals surface area contributed by atoms with E-state index in [1.807, 2.05) is 43.5 Å². The summed E-state index contributed by atoms with van der Waals surface area (Å²) in [6.45, 7) is 4.03. The Bertz CT molecular complexity index is 560. The average Bonchev–Trinajstić information content (AvgIpc) is 2.77. The van der Waals surface area contributed by atoms with Gasteiger partial charge in [-0.15, -0.1) is 11.3 Å². The molecule has 100 valence electrons. The van der Waals surface area contributed by atoms with Crippen molar-refractivity contribution in [2.75, 3.05) is 11.1 Å². The van der Waals surface area contributed by atoms with Crippen LogP contribution in [0.2, 0.25) is 0 Å². The quantitative estimate of drug-likeness (QED) is 0.840. The molecule has 0 spiro atoms. The summed E-state index contributed by atoms with van der Waals surface area (Å²) < 4.78 is 0. The number of aromatic nitrogens is 1. The number of rotatable bonds is 4. The Hall–Kier alpha value is -1.88. The zero-order chi connectivity index (χ0) is 13.8. The van der Waals surface area contributed by atoms with E-state index in [2.05, 4.69) is 10.3 Å². The molecule has 0 bridgehead atoms. The fraction of sp³-hybridized carbons (Fsp3) is 0.286. The molecule has 2 aromatic rings. The molecule has 0 unspecified atom stereocenters. The second-order valence-corrected chi connectivity index (χ2v) is 5.66. The van der Waals surface area contributed by atoms with Crippen LogP contribution in [0.1, 0.15) is 20.3 Å². The van der Waals surface area contributed by atoms with Crippen molar-refractivity contribution in [2.24, 2.45) is 5.92 Å². The number of anilines is 2. The third-order valence-corrected chi connectivity index (χ3v) is 3.31. The van der Waals surface area contributed by atoms with Crippen LogP contribution < -0.4 is 11.1 Å². The molecule has 1 amide bonds. The van der Waals surface area contributed by atoms with Crippen LogP contribution in [0, 0.1) is 5.92 Å². The molecular weight excluding hydrogens is 258 g/mol. The minimum absolute atomic E-state index is 0.00760. The van der Waals surface area contributed by atoms with Crippen LogP contribution in [0.3, 0.4) is 0 Å². The van der Waals surface area contributed by atoms with Crippen molar-refractivity contribution in [3.63, 3.8) is 0 Å². The van der Waals surface area contributed by atoms with Gasteiger partial charge < -0.3 is 11.1 Å². The van der Waals surface area contributed by atoms with Gasteiger partial charge in [0.05, 0.1) is 5.69 Å². The van der Waals surface area contributed by atoms with Crippen molar-refractivity contribution in [3.8, 4) is 11.3 Å². The Morgan fingerprint density at radius 1 is 1.37 bits per heavy atom. The van der Waals surface area contributed by atoms with Crippen LogP contribution in [0.15, 0.2) is 29.6 Å². The van der Waals surface area contributed by atoms with Gasteiger partial charge in [-0.2, -0.15) is 0 Å². The van der Waals surface area contributed by atoms with E-state index in [9.17, 15) is 4.79 Å². The summed E-state index contributed by atoms with van der Waals surface area (Å²) in [6, 6.07) is 7.52. The van der Waals surface area contributed by atoms with E-state index in [1.54, 1.807) is 0 Å². The molecular formula is C14H17N3OS. The minimum atomic E-state index is 0.00760. The van der Waals surface area contributed by atoms with Gasteiger partial charge in [-0.25, -0.2) is 4.98 Å². The maximum atomic E-state index is 11.7. The fourth-order valence-corrected chi connectivity index (χ4v) is 2.39. The summed E-state index contributed by atoms with van der Waals surface area (Å²) in [5.41, 5.74) is 8.22. The summed E-state index contributed by atoms with van der Waals surface area (Å²) in [5, 5.41) is 5.38. The molecule has 0 aliphatic carbocycles. The van der Waals surface area contributed by atoms with E-state index in [0.717, 1.165) is 16.9 Å². The summed E-state index contributed by atoms with van der Waals surface area (Å²) in [4.78, 5) is 16.1. The molecule has 1 aromatic heterocycles. The lowest BCUT2D eigenvalue weighted by Gasteiger charge is -2.03. The van der Waals surface area contributed by atoms with Gasteiger partial charge in [-0.3, -0.25) is 4.79 Å². The van der Waals surface area contributed by atoms with Crippen molar-refractivity contribution >= 4 is 28.1 Å². The van der Waals surface area contributed by atoms with Gasteiger partial charge in [0.1, 0.15) is 0 Å². The SMILES string of the molecule is CC(C)CC(=O)Nc1nc(-c2ccc(N)cc2)cs1. The molecule has 1 aromatic carbocycles. The van der Waals surface area contributed by atoms with Gasteiger partial charge in [0.25, 0.3) is 0 Å². The van der Waals surface area contributed by atoms with Crippen LogP contribution >= 0.6 is 11.3 Å². The average molecular weight is 275 g/mol. The van der Waals surface area contributed by atoms with E-state index in [4.69, 9.17) is 5.73 Å². The highest BCUT2D eigenvalue weighted by Gasteiger charge is 2.09. The first kappa shape index (κ1) is 13.5. The molecule has 0 radical (unpaired) electrons. The van der Waals surface area contributed by atoms with Crippen LogP contribution in [-0.4, -0.2) is 10.9 Å². The predicted molar refractivity (Wildman–Crippen MR) is 80.0 cm³/mol. The van der Waals surface area contributed by atoms with Crippen molar-refractivity contribution in [1.82, 2.24) is 4.98 Å². The fourth-order valence-electron chi connectivity index (χ4n) is 1.66. The first-order chi connectivity index (χ1) is 9.04. The molecule has 4 nitrogen and oxygen atoms in total. The first-order valence-electron chi connectivity index (χ1n) is 6.16. The van der Waals surface area contributed by atoms with E-state index in [-0.39, 0.29) is 5.91 Å². The molecule has 3 N–H and O–H groups in total. The number of nitrogens with two attached hydrogens (primary N) is 1. The maximum absolute atomic E-state index is 11.7. The second kappa shape index (κ2) is 5.84. The Kier molecular flexibility index (Phi) is 4.16. The Morgan fingerprint density at radius 2 is 2.05 bits per heavy atom. The molecule has 0 saturated carbocycles. The molecule has 0 atom stereocenters. The topological polar surface area (TPSA) is 68.0 Å². The number of nitrogen functional groups attached to an aromatic ring is 1. The smallest absolute Gasteiger partial charge is 0.226 e. The molecule has 19 heavy (non-hydrogen) atoms.